The summed E-state index contributed by atoms with van der Waals surface area (Å²) in [5.41, 5.74) is 3.29. The number of nitrogens with zero attached hydrogens (tertiary/aromatic N) is 1. The first-order valence-electron chi connectivity index (χ1n) is 8.70. The molecule has 28 heavy (non-hydrogen) atoms. The average molecular weight is 390 g/mol. The molecule has 4 nitrogen and oxygen atoms in total. The van der Waals surface area contributed by atoms with Gasteiger partial charge in [0.05, 0.1) is 11.6 Å². The summed E-state index contributed by atoms with van der Waals surface area (Å²) in [6, 6.07) is 22.9. The third-order valence-corrected chi connectivity index (χ3v) is 4.57. The van der Waals surface area contributed by atoms with Crippen molar-refractivity contribution < 1.29 is 14.2 Å². The van der Waals surface area contributed by atoms with Crippen LogP contribution >= 0.6 is 11.6 Å². The summed E-state index contributed by atoms with van der Waals surface area (Å²) in [7, 11) is 0. The highest BCUT2D eigenvalue weighted by Crippen LogP contribution is 2.34. The van der Waals surface area contributed by atoms with E-state index in [2.05, 4.69) is 6.07 Å². The Balaban J connectivity index is 1.46. The van der Waals surface area contributed by atoms with Crippen LogP contribution in [0.2, 0.25) is 5.02 Å². The van der Waals surface area contributed by atoms with Gasteiger partial charge in [-0.1, -0.05) is 35.9 Å². The van der Waals surface area contributed by atoms with Crippen LogP contribution in [0.4, 0.5) is 0 Å². The third-order valence-electron chi connectivity index (χ3n) is 4.31. The van der Waals surface area contributed by atoms with Crippen molar-refractivity contribution in [2.24, 2.45) is 0 Å². The van der Waals surface area contributed by atoms with Crippen molar-refractivity contribution >= 4 is 23.3 Å². The number of rotatable bonds is 5. The second kappa shape index (κ2) is 8.08. The van der Waals surface area contributed by atoms with E-state index >= 15 is 0 Å². The fourth-order valence-electron chi connectivity index (χ4n) is 2.82. The minimum absolute atomic E-state index is 0.210. The van der Waals surface area contributed by atoms with E-state index in [1.807, 2.05) is 72.8 Å². The summed E-state index contributed by atoms with van der Waals surface area (Å²) in [6.07, 6.45) is 1.83. The zero-order valence-corrected chi connectivity index (χ0v) is 15.6. The van der Waals surface area contributed by atoms with Crippen molar-refractivity contribution in [3.8, 4) is 23.3 Å². The van der Waals surface area contributed by atoms with Crippen molar-refractivity contribution in [2.45, 2.75) is 6.61 Å². The van der Waals surface area contributed by atoms with Gasteiger partial charge >= 0.3 is 0 Å². The molecule has 0 spiro atoms. The molecule has 0 saturated heterocycles. The molecule has 0 amide bonds. The number of nitriles is 1. The maximum atomic E-state index is 9.55. The highest BCUT2D eigenvalue weighted by molar-refractivity contribution is 6.30. The normalized spacial score (nSPS) is 12.5. The summed E-state index contributed by atoms with van der Waals surface area (Å²) in [5, 5.41) is 10.3. The highest BCUT2D eigenvalue weighted by atomic mass is 35.5. The zero-order valence-electron chi connectivity index (χ0n) is 14.9. The number of allylic oxidation sites excluding steroid dienone is 1. The Bertz CT molecular complexity index is 1050. The lowest BCUT2D eigenvalue weighted by Gasteiger charge is -2.07. The first-order valence-corrected chi connectivity index (χ1v) is 9.08. The number of hydrogen-bond donors (Lipinski definition) is 0. The molecule has 0 saturated carbocycles. The van der Waals surface area contributed by atoms with Gasteiger partial charge in [0.1, 0.15) is 12.4 Å². The second-order valence-electron chi connectivity index (χ2n) is 6.22. The Kier molecular flexibility index (Phi) is 5.18. The molecule has 1 aliphatic rings. The summed E-state index contributed by atoms with van der Waals surface area (Å²) in [4.78, 5) is 0. The van der Waals surface area contributed by atoms with Crippen LogP contribution in [0.1, 0.15) is 16.7 Å². The molecular formula is C23H16ClNO3. The zero-order chi connectivity index (χ0) is 19.3. The Morgan fingerprint density at radius 1 is 1.00 bits per heavy atom. The molecule has 3 aromatic carbocycles. The molecule has 0 radical (unpaired) electrons. The van der Waals surface area contributed by atoms with Crippen LogP contribution < -0.4 is 14.2 Å². The fraction of sp³-hybridized carbons (Fsp3) is 0.0870. The van der Waals surface area contributed by atoms with Gasteiger partial charge in [0.2, 0.25) is 6.79 Å². The molecule has 3 aromatic rings. The molecule has 0 aromatic heterocycles. The molecule has 4 rings (SSSR count). The van der Waals surface area contributed by atoms with Crippen LogP contribution in [0, 0.1) is 11.3 Å². The lowest BCUT2D eigenvalue weighted by atomic mass is 10.0. The van der Waals surface area contributed by atoms with E-state index in [1.54, 1.807) is 0 Å². The lowest BCUT2D eigenvalue weighted by molar-refractivity contribution is 0.174. The number of benzene rings is 3. The first-order chi connectivity index (χ1) is 13.7. The fourth-order valence-corrected chi connectivity index (χ4v) is 2.94. The number of fused-ring (bicyclic) bond motifs is 1. The van der Waals surface area contributed by atoms with Crippen molar-refractivity contribution in [3.05, 3.63) is 88.4 Å². The Morgan fingerprint density at radius 2 is 1.75 bits per heavy atom. The molecule has 0 N–H and O–H groups in total. The molecule has 1 aliphatic heterocycles. The minimum Gasteiger partial charge on any atom is -0.489 e. The van der Waals surface area contributed by atoms with E-state index in [0.717, 1.165) is 22.4 Å². The molecule has 0 atom stereocenters. The largest absolute Gasteiger partial charge is 0.489 e. The Morgan fingerprint density at radius 3 is 2.50 bits per heavy atom. The van der Waals surface area contributed by atoms with Gasteiger partial charge in [-0.15, -0.1) is 0 Å². The summed E-state index contributed by atoms with van der Waals surface area (Å²) < 4.78 is 16.5. The third kappa shape index (κ3) is 4.11. The van der Waals surface area contributed by atoms with Crippen molar-refractivity contribution in [3.63, 3.8) is 0 Å². The maximum absolute atomic E-state index is 9.55. The van der Waals surface area contributed by atoms with E-state index < -0.39 is 0 Å². The van der Waals surface area contributed by atoms with E-state index in [9.17, 15) is 5.26 Å². The number of hydrogen-bond acceptors (Lipinski definition) is 4. The predicted octanol–water partition coefficient (Wildman–Crippen LogP) is 5.71. The minimum atomic E-state index is 0.210. The SMILES string of the molecule is N#C/C(=C/c1ccc(OCc2ccc(Cl)cc2)cc1)c1ccc2c(c1)OCO2. The lowest BCUT2D eigenvalue weighted by Crippen LogP contribution is -1.94. The topological polar surface area (TPSA) is 51.5 Å². The number of halogens is 1. The van der Waals surface area contributed by atoms with Crippen molar-refractivity contribution in [1.82, 2.24) is 0 Å². The molecule has 0 aliphatic carbocycles. The van der Waals surface area contributed by atoms with Crippen LogP contribution in [0.25, 0.3) is 11.6 Å². The van der Waals surface area contributed by atoms with Crippen LogP contribution in [0.5, 0.6) is 17.2 Å². The summed E-state index contributed by atoms with van der Waals surface area (Å²) in [5.74, 6) is 2.11. The molecule has 5 heteroatoms. The van der Waals surface area contributed by atoms with Gasteiger partial charge in [-0.3, -0.25) is 0 Å². The van der Waals surface area contributed by atoms with Gasteiger partial charge in [0.15, 0.2) is 11.5 Å². The average Bonchev–Trinajstić information content (AvgIpc) is 3.20. The molecule has 0 unspecified atom stereocenters. The monoisotopic (exact) mass is 389 g/mol. The maximum Gasteiger partial charge on any atom is 0.231 e. The van der Waals surface area contributed by atoms with Gasteiger partial charge in [0.25, 0.3) is 0 Å². The van der Waals surface area contributed by atoms with Gasteiger partial charge in [0, 0.05) is 5.02 Å². The Labute approximate surface area is 168 Å². The predicted molar refractivity (Wildman–Crippen MR) is 108 cm³/mol. The standard InChI is InChI=1S/C23H16ClNO3/c24-20-6-1-17(2-7-20)14-26-21-8-3-16(4-9-21)11-19(13-25)18-5-10-22-23(12-18)28-15-27-22/h1-12H,14-15H2/b19-11-. The van der Waals surface area contributed by atoms with Crippen LogP contribution in [0.15, 0.2) is 66.7 Å². The first kappa shape index (κ1) is 18.0. The molecule has 1 heterocycles. The summed E-state index contributed by atoms with van der Waals surface area (Å²) >= 11 is 5.89. The van der Waals surface area contributed by atoms with Crippen LogP contribution in [-0.4, -0.2) is 6.79 Å². The van der Waals surface area contributed by atoms with Crippen LogP contribution in [0.3, 0.4) is 0 Å². The smallest absolute Gasteiger partial charge is 0.231 e. The molecule has 0 fully saturated rings. The van der Waals surface area contributed by atoms with E-state index in [4.69, 9.17) is 25.8 Å². The Hall–Kier alpha value is -3.42. The van der Waals surface area contributed by atoms with Crippen LogP contribution in [-0.2, 0) is 6.61 Å². The van der Waals surface area contributed by atoms with E-state index in [1.165, 1.54) is 0 Å². The van der Waals surface area contributed by atoms with Gasteiger partial charge in [-0.2, -0.15) is 5.26 Å². The molecule has 0 bridgehead atoms. The second-order valence-corrected chi connectivity index (χ2v) is 6.66. The van der Waals surface area contributed by atoms with Gasteiger partial charge in [-0.05, 0) is 65.2 Å². The highest BCUT2D eigenvalue weighted by Gasteiger charge is 2.14. The van der Waals surface area contributed by atoms with Gasteiger partial charge < -0.3 is 14.2 Å². The van der Waals surface area contributed by atoms with E-state index in [-0.39, 0.29) is 6.79 Å². The quantitative estimate of drug-likeness (QED) is 0.414. The molecule has 138 valence electrons. The number of ether oxygens (including phenoxy) is 3. The van der Waals surface area contributed by atoms with Crippen molar-refractivity contribution in [1.29, 1.82) is 5.26 Å². The summed E-state index contributed by atoms with van der Waals surface area (Å²) in [6.45, 7) is 0.675. The van der Waals surface area contributed by atoms with Crippen molar-refractivity contribution in [2.75, 3.05) is 6.79 Å². The van der Waals surface area contributed by atoms with E-state index in [0.29, 0.717) is 28.7 Å². The van der Waals surface area contributed by atoms with Gasteiger partial charge in [-0.25, -0.2) is 0 Å². The molecular weight excluding hydrogens is 374 g/mol.